The van der Waals surface area contributed by atoms with Crippen LogP contribution in [0, 0.1) is 0 Å². The molecule has 3 rings (SSSR count). The first-order valence-electron chi connectivity index (χ1n) is 7.63. The molecule has 0 aliphatic rings. The standard InChI is InChI=1S/C19H13BrCl2N2O2/c20-13-3-1-12(2-4-13)9-19(25)24-23-11-15-6-8-18(26-15)16-10-14(21)5-7-17(16)22/h1-8,10-11H,9H2,(H,24,25)/b23-11+. The topological polar surface area (TPSA) is 54.6 Å². The zero-order valence-electron chi connectivity index (χ0n) is 13.4. The van der Waals surface area contributed by atoms with Crippen molar-refractivity contribution >= 4 is 51.3 Å². The van der Waals surface area contributed by atoms with Crippen LogP contribution in [0.1, 0.15) is 11.3 Å². The van der Waals surface area contributed by atoms with Crippen LogP contribution in [0.25, 0.3) is 11.3 Å². The molecule has 4 nitrogen and oxygen atoms in total. The molecule has 0 aliphatic carbocycles. The van der Waals surface area contributed by atoms with E-state index >= 15 is 0 Å². The van der Waals surface area contributed by atoms with Crippen molar-refractivity contribution in [2.45, 2.75) is 6.42 Å². The lowest BCUT2D eigenvalue weighted by Crippen LogP contribution is -2.19. The lowest BCUT2D eigenvalue weighted by molar-refractivity contribution is -0.120. The zero-order valence-corrected chi connectivity index (χ0v) is 16.5. The lowest BCUT2D eigenvalue weighted by atomic mass is 10.1. The van der Waals surface area contributed by atoms with E-state index in [1.165, 1.54) is 6.21 Å². The Labute approximate surface area is 168 Å². The third-order valence-electron chi connectivity index (χ3n) is 3.48. The Bertz CT molecular complexity index is 952. The minimum atomic E-state index is -0.215. The number of amides is 1. The van der Waals surface area contributed by atoms with Crippen molar-refractivity contribution in [1.29, 1.82) is 0 Å². The van der Waals surface area contributed by atoms with E-state index in [4.69, 9.17) is 27.6 Å². The monoisotopic (exact) mass is 450 g/mol. The Hall–Kier alpha value is -2.08. The third-order valence-corrected chi connectivity index (χ3v) is 4.57. The second kappa shape index (κ2) is 8.54. The third kappa shape index (κ3) is 4.97. The number of hydrogen-bond acceptors (Lipinski definition) is 3. The number of rotatable bonds is 5. The van der Waals surface area contributed by atoms with E-state index in [1.54, 1.807) is 30.3 Å². The van der Waals surface area contributed by atoms with Crippen molar-refractivity contribution in [1.82, 2.24) is 5.43 Å². The summed E-state index contributed by atoms with van der Waals surface area (Å²) in [6, 6.07) is 16.2. The fourth-order valence-electron chi connectivity index (χ4n) is 2.25. The molecule has 0 bridgehead atoms. The van der Waals surface area contributed by atoms with Gasteiger partial charge in [0.25, 0.3) is 0 Å². The van der Waals surface area contributed by atoms with Gasteiger partial charge in [0.05, 0.1) is 17.7 Å². The number of hydrazone groups is 1. The number of benzene rings is 2. The highest BCUT2D eigenvalue weighted by Crippen LogP contribution is 2.31. The number of nitrogens with zero attached hydrogens (tertiary/aromatic N) is 1. The maximum Gasteiger partial charge on any atom is 0.244 e. The lowest BCUT2D eigenvalue weighted by Gasteiger charge is -2.01. The molecule has 0 unspecified atom stereocenters. The van der Waals surface area contributed by atoms with Crippen LogP contribution in [-0.4, -0.2) is 12.1 Å². The largest absolute Gasteiger partial charge is 0.455 e. The average Bonchev–Trinajstić information content (AvgIpc) is 3.08. The summed E-state index contributed by atoms with van der Waals surface area (Å²) >= 11 is 15.5. The molecule has 2 aromatic carbocycles. The number of carbonyl (C=O) groups is 1. The van der Waals surface area contributed by atoms with Crippen molar-refractivity contribution < 1.29 is 9.21 Å². The molecular formula is C19H13BrCl2N2O2. The highest BCUT2D eigenvalue weighted by molar-refractivity contribution is 9.10. The summed E-state index contributed by atoms with van der Waals surface area (Å²) in [7, 11) is 0. The highest BCUT2D eigenvalue weighted by Gasteiger charge is 2.09. The smallest absolute Gasteiger partial charge is 0.244 e. The van der Waals surface area contributed by atoms with Gasteiger partial charge in [0.1, 0.15) is 11.5 Å². The van der Waals surface area contributed by atoms with E-state index in [-0.39, 0.29) is 12.3 Å². The van der Waals surface area contributed by atoms with Gasteiger partial charge >= 0.3 is 0 Å². The molecule has 3 aromatic rings. The predicted octanol–water partition coefficient (Wildman–Crippen LogP) is 5.71. The Balaban J connectivity index is 1.61. The molecule has 0 saturated heterocycles. The van der Waals surface area contributed by atoms with Gasteiger partial charge in [-0.05, 0) is 48.0 Å². The van der Waals surface area contributed by atoms with Gasteiger partial charge in [0, 0.05) is 15.1 Å². The zero-order chi connectivity index (χ0) is 18.5. The normalized spacial score (nSPS) is 11.0. The number of nitrogens with one attached hydrogen (secondary N) is 1. The molecule has 0 atom stereocenters. The van der Waals surface area contributed by atoms with Gasteiger partial charge in [-0.2, -0.15) is 5.10 Å². The summed E-state index contributed by atoms with van der Waals surface area (Å²) in [6.07, 6.45) is 1.67. The van der Waals surface area contributed by atoms with Crippen LogP contribution in [0.4, 0.5) is 0 Å². The van der Waals surface area contributed by atoms with Gasteiger partial charge in [0.15, 0.2) is 0 Å². The molecular weight excluding hydrogens is 439 g/mol. The van der Waals surface area contributed by atoms with Gasteiger partial charge in [0.2, 0.25) is 5.91 Å². The van der Waals surface area contributed by atoms with E-state index in [0.717, 1.165) is 10.0 Å². The van der Waals surface area contributed by atoms with E-state index in [1.807, 2.05) is 24.3 Å². The SMILES string of the molecule is O=C(Cc1ccc(Br)cc1)N/N=C/c1ccc(-c2cc(Cl)ccc2Cl)o1. The maximum atomic E-state index is 11.9. The molecule has 132 valence electrons. The van der Waals surface area contributed by atoms with E-state index in [0.29, 0.717) is 27.1 Å². The molecule has 0 spiro atoms. The summed E-state index contributed by atoms with van der Waals surface area (Å²) in [4.78, 5) is 11.9. The Morgan fingerprint density at radius 2 is 1.88 bits per heavy atom. The van der Waals surface area contributed by atoms with Crippen LogP contribution in [0.5, 0.6) is 0 Å². The number of carbonyl (C=O) groups excluding carboxylic acids is 1. The van der Waals surface area contributed by atoms with E-state index in [2.05, 4.69) is 26.5 Å². The van der Waals surface area contributed by atoms with Crippen LogP contribution < -0.4 is 5.43 Å². The molecule has 0 fully saturated rings. The van der Waals surface area contributed by atoms with Gasteiger partial charge in [-0.3, -0.25) is 4.79 Å². The molecule has 0 radical (unpaired) electrons. The van der Waals surface area contributed by atoms with Crippen LogP contribution in [0.3, 0.4) is 0 Å². The Morgan fingerprint density at radius 3 is 2.65 bits per heavy atom. The summed E-state index contributed by atoms with van der Waals surface area (Å²) in [5.74, 6) is 0.841. The van der Waals surface area contributed by atoms with Gasteiger partial charge in [-0.25, -0.2) is 5.43 Å². The Morgan fingerprint density at radius 1 is 1.12 bits per heavy atom. The van der Waals surface area contributed by atoms with Gasteiger partial charge in [-0.1, -0.05) is 51.3 Å². The summed E-state index contributed by atoms with van der Waals surface area (Å²) in [5.41, 5.74) is 4.07. The van der Waals surface area contributed by atoms with Crippen LogP contribution in [0.2, 0.25) is 10.0 Å². The van der Waals surface area contributed by atoms with Crippen molar-refractivity contribution in [3.8, 4) is 11.3 Å². The molecule has 1 amide bonds. The van der Waals surface area contributed by atoms with Crippen molar-refractivity contribution in [3.63, 3.8) is 0 Å². The van der Waals surface area contributed by atoms with Gasteiger partial charge < -0.3 is 4.42 Å². The number of hydrogen-bond donors (Lipinski definition) is 1. The molecule has 1 aromatic heterocycles. The fourth-order valence-corrected chi connectivity index (χ4v) is 2.90. The molecule has 0 aliphatic heterocycles. The fraction of sp³-hybridized carbons (Fsp3) is 0.0526. The molecule has 7 heteroatoms. The summed E-state index contributed by atoms with van der Waals surface area (Å²) < 4.78 is 6.64. The Kier molecular flexibility index (Phi) is 6.14. The van der Waals surface area contributed by atoms with Crippen molar-refractivity contribution in [2.75, 3.05) is 0 Å². The summed E-state index contributed by atoms with van der Waals surface area (Å²) in [6.45, 7) is 0. The second-order valence-electron chi connectivity index (χ2n) is 5.42. The minimum Gasteiger partial charge on any atom is -0.455 e. The number of halogens is 3. The molecule has 1 N–H and O–H groups in total. The number of furan rings is 1. The van der Waals surface area contributed by atoms with Gasteiger partial charge in [-0.15, -0.1) is 0 Å². The molecule has 0 saturated carbocycles. The first kappa shape index (κ1) is 18.7. The molecule has 26 heavy (non-hydrogen) atoms. The first-order chi connectivity index (χ1) is 12.5. The van der Waals surface area contributed by atoms with Crippen molar-refractivity contribution in [2.24, 2.45) is 5.10 Å². The molecule has 1 heterocycles. The first-order valence-corrected chi connectivity index (χ1v) is 9.18. The minimum absolute atomic E-state index is 0.215. The maximum absolute atomic E-state index is 11.9. The van der Waals surface area contributed by atoms with E-state index < -0.39 is 0 Å². The quantitative estimate of drug-likeness (QED) is 0.399. The van der Waals surface area contributed by atoms with E-state index in [9.17, 15) is 4.79 Å². The highest BCUT2D eigenvalue weighted by atomic mass is 79.9. The second-order valence-corrected chi connectivity index (χ2v) is 7.18. The predicted molar refractivity (Wildman–Crippen MR) is 108 cm³/mol. The van der Waals surface area contributed by atoms with Crippen molar-refractivity contribution in [3.05, 3.63) is 80.4 Å². The average molecular weight is 452 g/mol. The van der Waals surface area contributed by atoms with Crippen LogP contribution in [0.15, 0.2) is 68.6 Å². The summed E-state index contributed by atoms with van der Waals surface area (Å²) in [5, 5.41) is 5.02. The van der Waals surface area contributed by atoms with Crippen LogP contribution in [-0.2, 0) is 11.2 Å². The van der Waals surface area contributed by atoms with Crippen LogP contribution >= 0.6 is 39.1 Å².